The van der Waals surface area contributed by atoms with Crippen LogP contribution < -0.4 is 0 Å². The zero-order chi connectivity index (χ0) is 22.0. The second kappa shape index (κ2) is 9.16. The van der Waals surface area contributed by atoms with Crippen molar-refractivity contribution >= 4 is 11.8 Å². The lowest BCUT2D eigenvalue weighted by atomic mass is 9.83. The Balaban J connectivity index is 1.43. The number of amides is 2. The Labute approximate surface area is 183 Å². The molecular weight excluding hydrogens is 394 g/mol. The van der Waals surface area contributed by atoms with Crippen molar-refractivity contribution in [3.8, 4) is 0 Å². The van der Waals surface area contributed by atoms with Gasteiger partial charge in [-0.05, 0) is 58.3 Å². The molecule has 2 fully saturated rings. The van der Waals surface area contributed by atoms with Crippen LogP contribution in [0, 0.1) is 19.8 Å². The van der Waals surface area contributed by atoms with E-state index >= 15 is 0 Å². The van der Waals surface area contributed by atoms with E-state index in [2.05, 4.69) is 15.1 Å². The van der Waals surface area contributed by atoms with Crippen LogP contribution in [0.25, 0.3) is 0 Å². The van der Waals surface area contributed by atoms with Crippen LogP contribution in [0.2, 0.25) is 0 Å². The highest BCUT2D eigenvalue weighted by atomic mass is 16.5. The van der Waals surface area contributed by atoms with Crippen molar-refractivity contribution < 1.29 is 14.1 Å². The number of aryl methyl sites for hydroxylation is 3. The summed E-state index contributed by atoms with van der Waals surface area (Å²) in [5.41, 5.74) is 2.57. The van der Waals surface area contributed by atoms with Crippen molar-refractivity contribution in [3.63, 3.8) is 0 Å². The summed E-state index contributed by atoms with van der Waals surface area (Å²) in [6, 6.07) is 0.199. The quantitative estimate of drug-likeness (QED) is 0.747. The standard InChI is InChI=1S/C23H31N5O3/c1-4-18-21(16(3)31-26-18)23(30)27-11-8-17(9-12-27)20-7-5-6-10-28(20)22(29)19-14-24-15(2)13-25-19/h13-14,17,20H,4-12H2,1-3H3. The summed E-state index contributed by atoms with van der Waals surface area (Å²) in [6.45, 7) is 7.79. The van der Waals surface area contributed by atoms with E-state index in [0.717, 1.165) is 50.0 Å². The summed E-state index contributed by atoms with van der Waals surface area (Å²) < 4.78 is 5.25. The van der Waals surface area contributed by atoms with Gasteiger partial charge in [0.15, 0.2) is 0 Å². The number of rotatable bonds is 4. The molecule has 2 amide bonds. The Morgan fingerprint density at radius 2 is 1.81 bits per heavy atom. The van der Waals surface area contributed by atoms with Gasteiger partial charge in [-0.25, -0.2) is 4.98 Å². The molecule has 0 aromatic carbocycles. The van der Waals surface area contributed by atoms with Gasteiger partial charge in [0, 0.05) is 31.9 Å². The SMILES string of the molecule is CCc1noc(C)c1C(=O)N1CCC(C2CCCCN2C(=O)c2cnc(C)cn2)CC1. The lowest BCUT2D eigenvalue weighted by molar-refractivity contribution is 0.0369. The highest BCUT2D eigenvalue weighted by Gasteiger charge is 2.37. The van der Waals surface area contributed by atoms with Crippen LogP contribution in [-0.2, 0) is 6.42 Å². The Kier molecular flexibility index (Phi) is 6.34. The molecule has 2 saturated heterocycles. The summed E-state index contributed by atoms with van der Waals surface area (Å²) in [6.07, 6.45) is 8.85. The molecule has 2 aliphatic rings. The third-order valence-electron chi connectivity index (χ3n) is 6.66. The Hall–Kier alpha value is -2.77. The van der Waals surface area contributed by atoms with Gasteiger partial charge in [0.1, 0.15) is 17.0 Å². The van der Waals surface area contributed by atoms with Crippen molar-refractivity contribution in [1.82, 2.24) is 24.9 Å². The van der Waals surface area contributed by atoms with Gasteiger partial charge in [-0.3, -0.25) is 14.6 Å². The number of carbonyl (C=O) groups is 2. The van der Waals surface area contributed by atoms with Crippen molar-refractivity contribution in [2.45, 2.75) is 65.3 Å². The van der Waals surface area contributed by atoms with E-state index in [1.165, 1.54) is 0 Å². The largest absolute Gasteiger partial charge is 0.361 e. The first-order valence-corrected chi connectivity index (χ1v) is 11.3. The molecule has 0 N–H and O–H groups in total. The highest BCUT2D eigenvalue weighted by molar-refractivity contribution is 5.96. The average Bonchev–Trinajstić information content (AvgIpc) is 3.19. The van der Waals surface area contributed by atoms with Crippen LogP contribution in [0.3, 0.4) is 0 Å². The summed E-state index contributed by atoms with van der Waals surface area (Å²) in [4.78, 5) is 38.7. The highest BCUT2D eigenvalue weighted by Crippen LogP contribution is 2.32. The first-order chi connectivity index (χ1) is 15.0. The molecule has 0 aliphatic carbocycles. The summed E-state index contributed by atoms with van der Waals surface area (Å²) in [5, 5.41) is 4.02. The molecular formula is C23H31N5O3. The van der Waals surface area contributed by atoms with E-state index in [-0.39, 0.29) is 17.9 Å². The van der Waals surface area contributed by atoms with Crippen LogP contribution >= 0.6 is 0 Å². The van der Waals surface area contributed by atoms with E-state index in [9.17, 15) is 9.59 Å². The van der Waals surface area contributed by atoms with Gasteiger partial charge in [0.25, 0.3) is 11.8 Å². The lowest BCUT2D eigenvalue weighted by Crippen LogP contribution is -2.51. The smallest absolute Gasteiger partial charge is 0.274 e. The number of likely N-dealkylation sites (tertiary alicyclic amines) is 2. The molecule has 2 aromatic rings. The van der Waals surface area contributed by atoms with Crippen LogP contribution in [0.4, 0.5) is 0 Å². The average molecular weight is 426 g/mol. The summed E-state index contributed by atoms with van der Waals surface area (Å²) >= 11 is 0. The molecule has 1 atom stereocenters. The van der Waals surface area contributed by atoms with Crippen molar-refractivity contribution in [2.75, 3.05) is 19.6 Å². The summed E-state index contributed by atoms with van der Waals surface area (Å²) in [7, 11) is 0. The monoisotopic (exact) mass is 425 g/mol. The Morgan fingerprint density at radius 1 is 1.03 bits per heavy atom. The maximum atomic E-state index is 13.1. The van der Waals surface area contributed by atoms with E-state index in [4.69, 9.17) is 4.52 Å². The van der Waals surface area contributed by atoms with Gasteiger partial charge in [-0.1, -0.05) is 12.1 Å². The molecule has 8 heteroatoms. The van der Waals surface area contributed by atoms with Crippen LogP contribution in [-0.4, -0.2) is 62.4 Å². The third-order valence-corrected chi connectivity index (χ3v) is 6.66. The molecule has 0 spiro atoms. The van der Waals surface area contributed by atoms with Crippen molar-refractivity contribution in [1.29, 1.82) is 0 Å². The molecule has 1 unspecified atom stereocenters. The molecule has 0 radical (unpaired) electrons. The minimum Gasteiger partial charge on any atom is -0.361 e. The van der Waals surface area contributed by atoms with Crippen molar-refractivity contribution in [3.05, 3.63) is 40.8 Å². The van der Waals surface area contributed by atoms with Crippen LogP contribution in [0.15, 0.2) is 16.9 Å². The second-order valence-corrected chi connectivity index (χ2v) is 8.65. The van der Waals surface area contributed by atoms with Crippen LogP contribution in [0.5, 0.6) is 0 Å². The van der Waals surface area contributed by atoms with E-state index < -0.39 is 0 Å². The lowest BCUT2D eigenvalue weighted by Gasteiger charge is -2.43. The predicted octanol–water partition coefficient (Wildman–Crippen LogP) is 3.19. The Morgan fingerprint density at radius 3 is 2.48 bits per heavy atom. The number of hydrogen-bond donors (Lipinski definition) is 0. The van der Waals surface area contributed by atoms with E-state index in [0.29, 0.717) is 42.4 Å². The third kappa shape index (κ3) is 4.34. The zero-order valence-corrected chi connectivity index (χ0v) is 18.6. The number of carbonyl (C=O) groups excluding carboxylic acids is 2. The molecule has 4 rings (SSSR count). The van der Waals surface area contributed by atoms with Gasteiger partial charge in [0.2, 0.25) is 0 Å². The second-order valence-electron chi connectivity index (χ2n) is 8.65. The fraction of sp³-hybridized carbons (Fsp3) is 0.609. The molecule has 31 heavy (non-hydrogen) atoms. The normalized spacial score (nSPS) is 20.2. The molecule has 166 valence electrons. The fourth-order valence-electron chi connectivity index (χ4n) is 4.93. The van der Waals surface area contributed by atoms with Gasteiger partial charge >= 0.3 is 0 Å². The maximum Gasteiger partial charge on any atom is 0.274 e. The minimum absolute atomic E-state index is 0.0144. The number of piperidine rings is 2. The number of aromatic nitrogens is 3. The Bertz CT molecular complexity index is 931. The number of nitrogens with zero attached hydrogens (tertiary/aromatic N) is 5. The molecule has 4 heterocycles. The van der Waals surface area contributed by atoms with Gasteiger partial charge in [-0.2, -0.15) is 0 Å². The van der Waals surface area contributed by atoms with E-state index in [1.807, 2.05) is 23.6 Å². The first-order valence-electron chi connectivity index (χ1n) is 11.3. The minimum atomic E-state index is -0.0246. The van der Waals surface area contributed by atoms with E-state index in [1.54, 1.807) is 19.3 Å². The van der Waals surface area contributed by atoms with Gasteiger partial charge < -0.3 is 14.3 Å². The summed E-state index contributed by atoms with van der Waals surface area (Å²) in [5.74, 6) is 0.970. The topological polar surface area (TPSA) is 92.4 Å². The van der Waals surface area contributed by atoms with Gasteiger partial charge in [0.05, 0.1) is 17.6 Å². The molecule has 2 aliphatic heterocycles. The molecule has 0 saturated carbocycles. The van der Waals surface area contributed by atoms with Crippen molar-refractivity contribution in [2.24, 2.45) is 5.92 Å². The molecule has 2 aromatic heterocycles. The number of hydrogen-bond acceptors (Lipinski definition) is 6. The first kappa shape index (κ1) is 21.5. The molecule has 8 nitrogen and oxygen atoms in total. The van der Waals surface area contributed by atoms with Crippen LogP contribution in [0.1, 0.15) is 77.0 Å². The predicted molar refractivity (Wildman–Crippen MR) is 115 cm³/mol. The maximum absolute atomic E-state index is 13.1. The molecule has 0 bridgehead atoms. The van der Waals surface area contributed by atoms with Gasteiger partial charge in [-0.15, -0.1) is 0 Å². The fourth-order valence-corrected chi connectivity index (χ4v) is 4.93. The zero-order valence-electron chi connectivity index (χ0n) is 18.6.